The maximum Gasteiger partial charge on any atom is 0.264 e. The second-order valence-corrected chi connectivity index (χ2v) is 10.7. The fraction of sp³-hybridized carbons (Fsp3) is 0.200. The highest BCUT2D eigenvalue weighted by Crippen LogP contribution is 2.23. The summed E-state index contributed by atoms with van der Waals surface area (Å²) >= 11 is 0. The van der Waals surface area contributed by atoms with Crippen LogP contribution < -0.4 is 9.62 Å². The van der Waals surface area contributed by atoms with Gasteiger partial charge in [-0.25, -0.2) is 17.5 Å². The molecule has 0 spiro atoms. The molecule has 0 aliphatic carbocycles. The largest absolute Gasteiger partial charge is 0.312 e. The van der Waals surface area contributed by atoms with E-state index < -0.39 is 27.8 Å². The van der Waals surface area contributed by atoms with E-state index in [1.165, 1.54) is 29.2 Å². The van der Waals surface area contributed by atoms with Crippen LogP contribution in [0.4, 0.5) is 10.1 Å². The number of sulfonamides is 1. The molecule has 1 atom stereocenters. The van der Waals surface area contributed by atoms with E-state index in [9.17, 15) is 22.4 Å². The molecule has 196 valence electrons. The molecular weight excluding hydrogens is 503 g/mol. The van der Waals surface area contributed by atoms with Crippen molar-refractivity contribution in [1.82, 2.24) is 4.72 Å². The van der Waals surface area contributed by atoms with Gasteiger partial charge in [-0.1, -0.05) is 60.7 Å². The van der Waals surface area contributed by atoms with Crippen LogP contribution in [0.1, 0.15) is 25.3 Å². The fourth-order valence-electron chi connectivity index (χ4n) is 4.39. The van der Waals surface area contributed by atoms with Crippen LogP contribution in [0, 0.1) is 11.7 Å². The van der Waals surface area contributed by atoms with Gasteiger partial charge in [-0.15, -0.1) is 0 Å². The Morgan fingerprint density at radius 3 is 2.21 bits per heavy atom. The number of aryl methyl sites for hydroxylation is 1. The van der Waals surface area contributed by atoms with Gasteiger partial charge in [-0.3, -0.25) is 9.59 Å². The molecule has 0 aromatic heterocycles. The van der Waals surface area contributed by atoms with Gasteiger partial charge in [0.05, 0.1) is 4.90 Å². The van der Waals surface area contributed by atoms with Crippen molar-refractivity contribution in [2.75, 3.05) is 11.4 Å². The zero-order valence-electron chi connectivity index (χ0n) is 21.0. The minimum atomic E-state index is -4.22. The Morgan fingerprint density at radius 1 is 0.868 bits per heavy atom. The summed E-state index contributed by atoms with van der Waals surface area (Å²) in [4.78, 5) is 28.4. The molecule has 2 amide bonds. The summed E-state index contributed by atoms with van der Waals surface area (Å²) in [7, 11) is -4.22. The van der Waals surface area contributed by atoms with Gasteiger partial charge in [0.25, 0.3) is 10.0 Å². The molecule has 4 aromatic rings. The molecule has 8 heteroatoms. The molecule has 0 saturated heterocycles. The summed E-state index contributed by atoms with van der Waals surface area (Å²) in [5.74, 6) is -2.94. The SMILES string of the molecule is CCN(C(=O)C(CCCc1ccc(F)cc1)C(=O)NS(=O)(=O)c1ccc2ccccc2c1)c1ccccc1. The monoisotopic (exact) mass is 532 g/mol. The summed E-state index contributed by atoms with van der Waals surface area (Å²) < 4.78 is 41.7. The lowest BCUT2D eigenvalue weighted by Crippen LogP contribution is -2.45. The maximum atomic E-state index is 13.6. The summed E-state index contributed by atoms with van der Waals surface area (Å²) in [6.07, 6.45) is 1.06. The van der Waals surface area contributed by atoms with E-state index in [0.717, 1.165) is 16.3 Å². The Bertz CT molecular complexity index is 1520. The van der Waals surface area contributed by atoms with Gasteiger partial charge in [0.1, 0.15) is 11.7 Å². The van der Waals surface area contributed by atoms with Crippen LogP contribution in [0.25, 0.3) is 10.8 Å². The zero-order valence-corrected chi connectivity index (χ0v) is 21.8. The number of nitrogens with zero attached hydrogens (tertiary/aromatic N) is 1. The molecule has 0 saturated carbocycles. The number of rotatable bonds is 10. The quantitative estimate of drug-likeness (QED) is 0.274. The van der Waals surface area contributed by atoms with Gasteiger partial charge in [-0.2, -0.15) is 0 Å². The first-order valence-corrected chi connectivity index (χ1v) is 13.9. The van der Waals surface area contributed by atoms with E-state index in [2.05, 4.69) is 4.72 Å². The molecule has 0 bridgehead atoms. The third-order valence-electron chi connectivity index (χ3n) is 6.40. The Morgan fingerprint density at radius 2 is 1.53 bits per heavy atom. The smallest absolute Gasteiger partial charge is 0.264 e. The van der Waals surface area contributed by atoms with Crippen LogP contribution in [-0.2, 0) is 26.0 Å². The highest BCUT2D eigenvalue weighted by Gasteiger charge is 2.33. The van der Waals surface area contributed by atoms with Crippen molar-refractivity contribution in [3.05, 3.63) is 108 Å². The van der Waals surface area contributed by atoms with Crippen LogP contribution in [0.2, 0.25) is 0 Å². The van der Waals surface area contributed by atoms with Crippen LogP contribution in [0.5, 0.6) is 0 Å². The van der Waals surface area contributed by atoms with Crippen LogP contribution >= 0.6 is 0 Å². The molecule has 0 heterocycles. The number of benzene rings is 4. The second kappa shape index (κ2) is 12.0. The van der Waals surface area contributed by atoms with Crippen molar-refractivity contribution in [3.63, 3.8) is 0 Å². The summed E-state index contributed by atoms with van der Waals surface area (Å²) in [6, 6.07) is 26.9. The topological polar surface area (TPSA) is 83.6 Å². The van der Waals surface area contributed by atoms with Crippen LogP contribution in [0.3, 0.4) is 0 Å². The molecule has 0 aliphatic heterocycles. The van der Waals surface area contributed by atoms with Crippen molar-refractivity contribution >= 4 is 38.3 Å². The first kappa shape index (κ1) is 27.0. The molecule has 6 nitrogen and oxygen atoms in total. The number of fused-ring (bicyclic) bond motifs is 1. The molecule has 38 heavy (non-hydrogen) atoms. The number of halogens is 1. The lowest BCUT2D eigenvalue weighted by Gasteiger charge is -2.26. The van der Waals surface area contributed by atoms with E-state index in [4.69, 9.17) is 0 Å². The van der Waals surface area contributed by atoms with Gasteiger partial charge >= 0.3 is 0 Å². The maximum absolute atomic E-state index is 13.6. The average molecular weight is 533 g/mol. The van der Waals surface area contributed by atoms with E-state index in [1.807, 2.05) is 18.2 Å². The Labute approximate surface area is 222 Å². The molecule has 0 radical (unpaired) electrons. The minimum Gasteiger partial charge on any atom is -0.312 e. The number of hydrogen-bond donors (Lipinski definition) is 1. The molecular formula is C30H29FN2O4S. The van der Waals surface area contributed by atoms with Gasteiger partial charge in [0, 0.05) is 12.2 Å². The standard InChI is InChI=1S/C30H29FN2O4S/c1-2-33(26-12-4-3-5-13-26)30(35)28(14-8-9-22-15-18-25(31)19-16-22)29(34)32-38(36,37)27-20-17-23-10-6-7-11-24(23)21-27/h3-7,10-13,15-21,28H,2,8-9,14H2,1H3,(H,32,34). The zero-order chi connectivity index (χ0) is 27.1. The fourth-order valence-corrected chi connectivity index (χ4v) is 5.44. The Balaban J connectivity index is 1.57. The first-order valence-electron chi connectivity index (χ1n) is 12.4. The minimum absolute atomic E-state index is 0.0579. The Kier molecular flexibility index (Phi) is 8.53. The summed E-state index contributed by atoms with van der Waals surface area (Å²) in [6.45, 7) is 2.10. The molecule has 0 aliphatic rings. The highest BCUT2D eigenvalue weighted by atomic mass is 32.2. The van der Waals surface area contributed by atoms with Gasteiger partial charge in [0.15, 0.2) is 0 Å². The van der Waals surface area contributed by atoms with Gasteiger partial charge in [0.2, 0.25) is 11.8 Å². The third-order valence-corrected chi connectivity index (χ3v) is 7.75. The third kappa shape index (κ3) is 6.44. The predicted molar refractivity (Wildman–Crippen MR) is 147 cm³/mol. The molecule has 4 rings (SSSR count). The molecule has 0 fully saturated rings. The molecule has 1 unspecified atom stereocenters. The van der Waals surface area contributed by atoms with Gasteiger partial charge in [-0.05, 0) is 78.9 Å². The normalized spacial score (nSPS) is 12.2. The van der Waals surface area contributed by atoms with E-state index >= 15 is 0 Å². The average Bonchev–Trinajstić information content (AvgIpc) is 2.92. The highest BCUT2D eigenvalue weighted by molar-refractivity contribution is 7.90. The van der Waals surface area contributed by atoms with E-state index in [-0.39, 0.29) is 17.1 Å². The van der Waals surface area contributed by atoms with Crippen molar-refractivity contribution in [3.8, 4) is 0 Å². The van der Waals surface area contributed by atoms with Gasteiger partial charge < -0.3 is 4.90 Å². The number of hydrogen-bond acceptors (Lipinski definition) is 4. The lowest BCUT2D eigenvalue weighted by atomic mass is 9.97. The predicted octanol–water partition coefficient (Wildman–Crippen LogP) is 5.48. The van der Waals surface area contributed by atoms with E-state index in [1.54, 1.807) is 61.5 Å². The number of para-hydroxylation sites is 1. The Hall–Kier alpha value is -4.04. The van der Waals surface area contributed by atoms with E-state index in [0.29, 0.717) is 25.1 Å². The number of amides is 2. The number of anilines is 1. The number of nitrogens with one attached hydrogen (secondary N) is 1. The van der Waals surface area contributed by atoms with Crippen LogP contribution in [0.15, 0.2) is 102 Å². The second-order valence-electron chi connectivity index (χ2n) is 8.97. The summed E-state index contributed by atoms with van der Waals surface area (Å²) in [5.41, 5.74) is 1.48. The summed E-state index contributed by atoms with van der Waals surface area (Å²) in [5, 5.41) is 1.59. The lowest BCUT2D eigenvalue weighted by molar-refractivity contribution is -0.133. The van der Waals surface area contributed by atoms with Crippen molar-refractivity contribution in [2.45, 2.75) is 31.1 Å². The van der Waals surface area contributed by atoms with Crippen molar-refractivity contribution in [2.24, 2.45) is 5.92 Å². The molecule has 1 N–H and O–H groups in total. The first-order chi connectivity index (χ1) is 18.3. The molecule has 4 aromatic carbocycles. The number of carbonyl (C=O) groups excluding carboxylic acids is 2. The van der Waals surface area contributed by atoms with Crippen molar-refractivity contribution < 1.29 is 22.4 Å². The van der Waals surface area contributed by atoms with Crippen LogP contribution in [-0.4, -0.2) is 26.8 Å². The number of carbonyl (C=O) groups is 2. The van der Waals surface area contributed by atoms with Crippen molar-refractivity contribution in [1.29, 1.82) is 0 Å².